The molecule has 4 rings (SSSR count). The monoisotopic (exact) mass is 530 g/mol. The van der Waals surface area contributed by atoms with Crippen LogP contribution < -0.4 is 16.0 Å². The SMILES string of the molecule is CCNC(=O)[C@@H]1CC[C@H](n2cnc3c(NC(=O)Nc4ccc(S(=O)(=O)N(CC)CC)cc4)ncnc32)O1. The highest BCUT2D eigenvalue weighted by Crippen LogP contribution is 2.31. The number of carbonyl (C=O) groups is 2. The van der Waals surface area contributed by atoms with Crippen LogP contribution in [0.15, 0.2) is 41.8 Å². The third kappa shape index (κ3) is 5.55. The minimum atomic E-state index is -3.59. The second-order valence-electron chi connectivity index (χ2n) is 8.29. The van der Waals surface area contributed by atoms with E-state index in [1.54, 1.807) is 24.7 Å². The Bertz CT molecular complexity index is 1370. The first kappa shape index (κ1) is 26.4. The summed E-state index contributed by atoms with van der Waals surface area (Å²) in [6.07, 6.45) is 3.08. The van der Waals surface area contributed by atoms with Crippen molar-refractivity contribution >= 4 is 44.6 Å². The minimum absolute atomic E-state index is 0.147. The first-order valence-electron chi connectivity index (χ1n) is 12.1. The van der Waals surface area contributed by atoms with Gasteiger partial charge in [0.05, 0.1) is 11.2 Å². The number of aromatic nitrogens is 4. The highest BCUT2D eigenvalue weighted by atomic mass is 32.2. The van der Waals surface area contributed by atoms with Gasteiger partial charge in [-0.3, -0.25) is 14.7 Å². The molecule has 0 saturated carbocycles. The summed E-state index contributed by atoms with van der Waals surface area (Å²) in [5.41, 5.74) is 1.23. The van der Waals surface area contributed by atoms with Crippen molar-refractivity contribution in [3.05, 3.63) is 36.9 Å². The maximum absolute atomic E-state index is 12.6. The smallest absolute Gasteiger partial charge is 0.324 e. The van der Waals surface area contributed by atoms with Crippen molar-refractivity contribution in [1.29, 1.82) is 0 Å². The normalized spacial score (nSPS) is 17.7. The lowest BCUT2D eigenvalue weighted by atomic mass is 10.2. The van der Waals surface area contributed by atoms with E-state index < -0.39 is 28.4 Å². The maximum Gasteiger partial charge on any atom is 0.324 e. The number of fused-ring (bicyclic) bond motifs is 1. The van der Waals surface area contributed by atoms with Gasteiger partial charge in [-0.25, -0.2) is 28.2 Å². The maximum atomic E-state index is 12.6. The van der Waals surface area contributed by atoms with Gasteiger partial charge in [0.15, 0.2) is 17.0 Å². The Balaban J connectivity index is 1.44. The van der Waals surface area contributed by atoms with Crippen LogP contribution in [0.5, 0.6) is 0 Å². The van der Waals surface area contributed by atoms with Gasteiger partial charge in [0.2, 0.25) is 15.9 Å². The van der Waals surface area contributed by atoms with E-state index in [1.165, 1.54) is 34.9 Å². The van der Waals surface area contributed by atoms with E-state index in [1.807, 2.05) is 6.92 Å². The van der Waals surface area contributed by atoms with Crippen molar-refractivity contribution in [1.82, 2.24) is 29.1 Å². The number of nitrogens with one attached hydrogen (secondary N) is 3. The Kier molecular flexibility index (Phi) is 8.00. The largest absolute Gasteiger partial charge is 0.354 e. The molecule has 3 amide bonds. The van der Waals surface area contributed by atoms with Crippen LogP contribution in [0.1, 0.15) is 39.8 Å². The third-order valence-corrected chi connectivity index (χ3v) is 8.06. The zero-order chi connectivity index (χ0) is 26.6. The minimum Gasteiger partial charge on any atom is -0.354 e. The van der Waals surface area contributed by atoms with E-state index in [9.17, 15) is 18.0 Å². The molecule has 13 nitrogen and oxygen atoms in total. The third-order valence-electron chi connectivity index (χ3n) is 6.00. The molecule has 0 aliphatic carbocycles. The number of anilines is 2. The quantitative estimate of drug-likeness (QED) is 0.380. The van der Waals surface area contributed by atoms with Crippen LogP contribution in [0.2, 0.25) is 0 Å². The summed E-state index contributed by atoms with van der Waals surface area (Å²) in [6, 6.07) is 5.35. The molecule has 14 heteroatoms. The molecule has 3 aromatic rings. The molecule has 198 valence electrons. The molecule has 37 heavy (non-hydrogen) atoms. The number of ether oxygens (including phenoxy) is 1. The number of nitrogens with zero attached hydrogens (tertiary/aromatic N) is 5. The highest BCUT2D eigenvalue weighted by Gasteiger charge is 2.32. The van der Waals surface area contributed by atoms with Crippen molar-refractivity contribution in [3.63, 3.8) is 0 Å². The fourth-order valence-electron chi connectivity index (χ4n) is 4.15. The molecule has 0 radical (unpaired) electrons. The van der Waals surface area contributed by atoms with Crippen LogP contribution in [0.25, 0.3) is 11.2 Å². The predicted octanol–water partition coefficient (Wildman–Crippen LogP) is 2.31. The molecular weight excluding hydrogens is 500 g/mol. The van der Waals surface area contributed by atoms with Crippen LogP contribution in [-0.4, -0.2) is 69.9 Å². The lowest BCUT2D eigenvalue weighted by Crippen LogP contribution is -2.34. The number of carbonyl (C=O) groups excluding carboxylic acids is 2. The number of amides is 3. The van der Waals surface area contributed by atoms with Gasteiger partial charge >= 0.3 is 6.03 Å². The van der Waals surface area contributed by atoms with Gasteiger partial charge in [-0.1, -0.05) is 13.8 Å². The van der Waals surface area contributed by atoms with Crippen molar-refractivity contribution < 1.29 is 22.7 Å². The Morgan fingerprint density at radius 3 is 2.46 bits per heavy atom. The number of likely N-dealkylation sites (N-methyl/N-ethyl adjacent to an activating group) is 1. The van der Waals surface area contributed by atoms with Crippen molar-refractivity contribution in [2.75, 3.05) is 30.3 Å². The number of urea groups is 1. The van der Waals surface area contributed by atoms with Crippen molar-refractivity contribution in [2.45, 2.75) is 50.8 Å². The summed E-state index contributed by atoms with van der Waals surface area (Å²) in [4.78, 5) is 37.6. The van der Waals surface area contributed by atoms with E-state index in [0.29, 0.717) is 49.3 Å². The first-order valence-corrected chi connectivity index (χ1v) is 13.5. The molecule has 1 saturated heterocycles. The number of sulfonamides is 1. The van der Waals surface area contributed by atoms with E-state index in [2.05, 4.69) is 30.9 Å². The lowest BCUT2D eigenvalue weighted by molar-refractivity contribution is -0.133. The zero-order valence-electron chi connectivity index (χ0n) is 20.8. The highest BCUT2D eigenvalue weighted by molar-refractivity contribution is 7.89. The standard InChI is InChI=1S/C23H30N8O5S/c1-4-24-22(32)17-11-12-18(36-17)31-14-27-19-20(25-13-26-21(19)31)29-23(33)28-15-7-9-16(10-8-15)37(34,35)30(5-2)6-3/h7-10,13-14,17-18H,4-6,11-12H2,1-3H3,(H,24,32)(H2,25,26,28,29,33)/t17-,18+/m0/s1. The van der Waals surface area contributed by atoms with E-state index in [-0.39, 0.29) is 16.6 Å². The first-order chi connectivity index (χ1) is 17.8. The molecular formula is C23H30N8O5S. The average molecular weight is 531 g/mol. The molecule has 0 bridgehead atoms. The molecule has 0 unspecified atom stereocenters. The van der Waals surface area contributed by atoms with Crippen LogP contribution in [0, 0.1) is 0 Å². The zero-order valence-corrected chi connectivity index (χ0v) is 21.7. The number of imidazole rings is 1. The van der Waals surface area contributed by atoms with E-state index in [0.717, 1.165) is 0 Å². The molecule has 0 spiro atoms. The second-order valence-corrected chi connectivity index (χ2v) is 10.2. The fourth-order valence-corrected chi connectivity index (χ4v) is 5.61. The topological polar surface area (TPSA) is 160 Å². The summed E-state index contributed by atoms with van der Waals surface area (Å²) in [7, 11) is -3.59. The fraction of sp³-hybridized carbons (Fsp3) is 0.435. The number of rotatable bonds is 9. The summed E-state index contributed by atoms with van der Waals surface area (Å²) < 4.78 is 34.3. The van der Waals surface area contributed by atoms with Gasteiger partial charge < -0.3 is 15.4 Å². The van der Waals surface area contributed by atoms with Crippen LogP contribution in [0.3, 0.4) is 0 Å². The van der Waals surface area contributed by atoms with E-state index in [4.69, 9.17) is 4.74 Å². The summed E-state index contributed by atoms with van der Waals surface area (Å²) in [5.74, 6) is 0.0435. The predicted molar refractivity (Wildman–Crippen MR) is 136 cm³/mol. The van der Waals surface area contributed by atoms with Crippen LogP contribution in [-0.2, 0) is 19.6 Å². The second kappa shape index (κ2) is 11.2. The Morgan fingerprint density at radius 1 is 1.05 bits per heavy atom. The van der Waals surface area contributed by atoms with Gasteiger partial charge in [-0.15, -0.1) is 0 Å². The van der Waals surface area contributed by atoms with Gasteiger partial charge in [0.25, 0.3) is 0 Å². The number of hydrogen-bond acceptors (Lipinski definition) is 8. The van der Waals surface area contributed by atoms with Crippen LogP contribution in [0.4, 0.5) is 16.3 Å². The Morgan fingerprint density at radius 2 is 1.78 bits per heavy atom. The van der Waals surface area contributed by atoms with Crippen molar-refractivity contribution in [3.8, 4) is 0 Å². The van der Waals surface area contributed by atoms with Crippen LogP contribution >= 0.6 is 0 Å². The molecule has 1 aliphatic rings. The lowest BCUT2D eigenvalue weighted by Gasteiger charge is -2.18. The molecule has 1 aliphatic heterocycles. The van der Waals surface area contributed by atoms with Gasteiger partial charge in [0, 0.05) is 25.3 Å². The van der Waals surface area contributed by atoms with Gasteiger partial charge in [-0.05, 0) is 44.0 Å². The molecule has 1 fully saturated rings. The molecule has 3 heterocycles. The Labute approximate surface area is 214 Å². The number of hydrogen-bond donors (Lipinski definition) is 3. The summed E-state index contributed by atoms with van der Waals surface area (Å²) in [5, 5.41) is 8.08. The molecule has 1 aromatic carbocycles. The van der Waals surface area contributed by atoms with Gasteiger partial charge in [-0.2, -0.15) is 4.31 Å². The molecule has 3 N–H and O–H groups in total. The number of benzene rings is 1. The van der Waals surface area contributed by atoms with E-state index >= 15 is 0 Å². The van der Waals surface area contributed by atoms with Crippen molar-refractivity contribution in [2.24, 2.45) is 0 Å². The Hall–Kier alpha value is -3.62. The van der Waals surface area contributed by atoms with Gasteiger partial charge in [0.1, 0.15) is 18.7 Å². The average Bonchev–Trinajstić information content (AvgIpc) is 3.53. The molecule has 2 aromatic heterocycles. The summed E-state index contributed by atoms with van der Waals surface area (Å²) in [6.45, 7) is 6.66. The summed E-state index contributed by atoms with van der Waals surface area (Å²) >= 11 is 0. The molecule has 2 atom stereocenters.